The predicted octanol–water partition coefficient (Wildman–Crippen LogP) is 5.45. The number of carbonyl (C=O) groups excluding carboxylic acids is 1. The van der Waals surface area contributed by atoms with Gasteiger partial charge in [-0.2, -0.15) is 8.78 Å². The number of nitrogens with zero attached hydrogens (tertiary/aromatic N) is 2. The smallest absolute Gasteiger partial charge is 0.340 e. The minimum Gasteiger partial charge on any atom is -0.470 e. The Labute approximate surface area is 187 Å². The lowest BCUT2D eigenvalue weighted by molar-refractivity contribution is -0.148. The fourth-order valence-electron chi connectivity index (χ4n) is 1.89. The Hall–Kier alpha value is -2.02. The van der Waals surface area contributed by atoms with Gasteiger partial charge in [-0.1, -0.05) is 23.2 Å². The van der Waals surface area contributed by atoms with Crippen molar-refractivity contribution in [3.8, 4) is 17.4 Å². The molecule has 6 nitrogen and oxygen atoms in total. The highest BCUT2D eigenvalue weighted by atomic mass is 35.5. The van der Waals surface area contributed by atoms with Crippen molar-refractivity contribution in [2.24, 2.45) is 0 Å². The van der Waals surface area contributed by atoms with Crippen LogP contribution in [-0.2, 0) is 0 Å². The van der Waals surface area contributed by atoms with Crippen LogP contribution in [0, 0.1) is 5.82 Å². The number of hydrogen-bond acceptors (Lipinski definition) is 6. The van der Waals surface area contributed by atoms with Gasteiger partial charge in [0.2, 0.25) is 5.88 Å². The molecule has 0 saturated carbocycles. The molecule has 170 valence electrons. The highest BCUT2D eigenvalue weighted by Gasteiger charge is 2.42. The lowest BCUT2D eigenvalue weighted by Crippen LogP contribution is -2.33. The number of ether oxygens (including phenoxy) is 2. The molecule has 0 unspecified atom stereocenters. The van der Waals surface area contributed by atoms with Gasteiger partial charge < -0.3 is 9.47 Å². The number of pyridine rings is 1. The lowest BCUT2D eigenvalue weighted by Gasteiger charge is -2.16. The van der Waals surface area contributed by atoms with Crippen molar-refractivity contribution in [2.45, 2.75) is 12.3 Å². The fraction of sp³-hybridized carbons (Fsp3) is 0.294. The van der Waals surface area contributed by atoms with E-state index in [1.54, 1.807) is 18.4 Å². The van der Waals surface area contributed by atoms with Gasteiger partial charge in [0.05, 0.1) is 16.8 Å². The van der Waals surface area contributed by atoms with E-state index in [9.17, 15) is 26.7 Å². The van der Waals surface area contributed by atoms with Gasteiger partial charge in [-0.15, -0.1) is 0 Å². The van der Waals surface area contributed by atoms with Crippen LogP contribution < -0.4 is 14.2 Å². The molecule has 2 rings (SSSR count). The van der Waals surface area contributed by atoms with Crippen LogP contribution >= 0.6 is 35.3 Å². The summed E-state index contributed by atoms with van der Waals surface area (Å²) in [4.78, 5) is 15.6. The number of benzene rings is 1. The molecule has 0 aliphatic rings. The summed E-state index contributed by atoms with van der Waals surface area (Å²) >= 11 is 12.8. The molecule has 0 spiro atoms. The van der Waals surface area contributed by atoms with Crippen molar-refractivity contribution in [1.82, 2.24) is 14.0 Å². The molecule has 0 fully saturated rings. The average molecular weight is 506 g/mol. The number of carbonyl (C=O) groups is 1. The second-order valence-electron chi connectivity index (χ2n) is 6.01. The van der Waals surface area contributed by atoms with Gasteiger partial charge in [0, 0.05) is 24.3 Å². The van der Waals surface area contributed by atoms with Crippen LogP contribution in [0.25, 0.3) is 0 Å². The molecule has 1 heterocycles. The molecule has 0 saturated heterocycles. The third-order valence-electron chi connectivity index (χ3n) is 3.32. The van der Waals surface area contributed by atoms with Crippen molar-refractivity contribution in [3.05, 3.63) is 45.8 Å². The SMILES string of the molecule is CN(C)SNC(=O)c1cc(Cl)c(Oc2cnc(OCC(F)(F)C(F)F)c(Cl)c2)cc1F. The summed E-state index contributed by atoms with van der Waals surface area (Å²) in [6.45, 7) is -1.63. The summed E-state index contributed by atoms with van der Waals surface area (Å²) in [7, 11) is 3.34. The largest absolute Gasteiger partial charge is 0.470 e. The zero-order valence-corrected chi connectivity index (χ0v) is 18.1. The summed E-state index contributed by atoms with van der Waals surface area (Å²) in [5.74, 6) is -6.84. The van der Waals surface area contributed by atoms with Gasteiger partial charge in [-0.3, -0.25) is 9.52 Å². The van der Waals surface area contributed by atoms with E-state index in [4.69, 9.17) is 27.9 Å². The van der Waals surface area contributed by atoms with E-state index in [1.165, 1.54) is 0 Å². The van der Waals surface area contributed by atoms with E-state index >= 15 is 0 Å². The zero-order chi connectivity index (χ0) is 23.3. The normalized spacial score (nSPS) is 11.7. The highest BCUT2D eigenvalue weighted by molar-refractivity contribution is 7.95. The number of nitrogens with one attached hydrogen (secondary N) is 1. The van der Waals surface area contributed by atoms with Gasteiger partial charge in [0.1, 0.15) is 22.3 Å². The summed E-state index contributed by atoms with van der Waals surface area (Å²) in [6.07, 6.45) is -2.94. The summed E-state index contributed by atoms with van der Waals surface area (Å²) in [6, 6.07) is 2.99. The minimum absolute atomic E-state index is 0.0837. The summed E-state index contributed by atoms with van der Waals surface area (Å²) in [5, 5.41) is -0.440. The van der Waals surface area contributed by atoms with Crippen LogP contribution in [0.1, 0.15) is 10.4 Å². The van der Waals surface area contributed by atoms with Crippen LogP contribution in [0.15, 0.2) is 24.4 Å². The lowest BCUT2D eigenvalue weighted by atomic mass is 10.2. The first-order chi connectivity index (χ1) is 14.4. The molecule has 0 bridgehead atoms. The van der Waals surface area contributed by atoms with Crippen molar-refractivity contribution in [2.75, 3.05) is 20.7 Å². The number of alkyl halides is 4. The number of halogens is 7. The minimum atomic E-state index is -4.38. The Morgan fingerprint density at radius 3 is 2.52 bits per heavy atom. The maximum atomic E-state index is 14.3. The average Bonchev–Trinajstić information content (AvgIpc) is 2.67. The summed E-state index contributed by atoms with van der Waals surface area (Å²) in [5.41, 5.74) is -0.327. The van der Waals surface area contributed by atoms with Crippen LogP contribution in [0.5, 0.6) is 17.4 Å². The molecule has 0 aliphatic carbocycles. The first-order valence-corrected chi connectivity index (χ1v) is 9.69. The van der Waals surface area contributed by atoms with E-state index in [1.807, 2.05) is 0 Å². The molecule has 0 atom stereocenters. The Morgan fingerprint density at radius 1 is 1.26 bits per heavy atom. The molecule has 2 aromatic rings. The predicted molar refractivity (Wildman–Crippen MR) is 106 cm³/mol. The molecule has 0 aliphatic heterocycles. The Kier molecular flexibility index (Phi) is 8.57. The molecule has 14 heteroatoms. The van der Waals surface area contributed by atoms with Crippen molar-refractivity contribution in [3.63, 3.8) is 0 Å². The fourth-order valence-corrected chi connectivity index (χ4v) is 2.68. The first kappa shape index (κ1) is 25.2. The maximum Gasteiger partial charge on any atom is 0.340 e. The van der Waals surface area contributed by atoms with Crippen LogP contribution in [0.4, 0.5) is 22.0 Å². The molecular formula is C17H14Cl2F5N3O3S. The number of rotatable bonds is 9. The number of amides is 1. The van der Waals surface area contributed by atoms with E-state index in [2.05, 4.69) is 14.4 Å². The van der Waals surface area contributed by atoms with Crippen molar-refractivity contribution < 1.29 is 36.2 Å². The Bertz CT molecular complexity index is 953. The quantitative estimate of drug-likeness (QED) is 0.361. The maximum absolute atomic E-state index is 14.3. The molecule has 1 aromatic heterocycles. The molecule has 1 amide bonds. The molecule has 1 aromatic carbocycles. The second kappa shape index (κ2) is 10.5. The van der Waals surface area contributed by atoms with Crippen molar-refractivity contribution in [1.29, 1.82) is 0 Å². The zero-order valence-electron chi connectivity index (χ0n) is 15.8. The summed E-state index contributed by atoms with van der Waals surface area (Å²) < 4.78 is 78.4. The number of aromatic nitrogens is 1. The third-order valence-corrected chi connectivity index (χ3v) is 4.53. The van der Waals surface area contributed by atoms with E-state index in [-0.39, 0.29) is 27.1 Å². The Morgan fingerprint density at radius 2 is 1.94 bits per heavy atom. The topological polar surface area (TPSA) is 63.7 Å². The number of hydrogen-bond donors (Lipinski definition) is 1. The molecular weight excluding hydrogens is 492 g/mol. The van der Waals surface area contributed by atoms with Crippen LogP contribution in [0.2, 0.25) is 10.0 Å². The van der Waals surface area contributed by atoms with Crippen LogP contribution in [0.3, 0.4) is 0 Å². The van der Waals surface area contributed by atoms with Gasteiger partial charge >= 0.3 is 12.3 Å². The van der Waals surface area contributed by atoms with E-state index in [0.717, 1.165) is 36.5 Å². The van der Waals surface area contributed by atoms with Gasteiger partial charge in [-0.05, 0) is 20.2 Å². The Balaban J connectivity index is 2.13. The van der Waals surface area contributed by atoms with Gasteiger partial charge in [-0.25, -0.2) is 22.5 Å². The van der Waals surface area contributed by atoms with Crippen LogP contribution in [-0.4, -0.2) is 48.2 Å². The first-order valence-electron chi connectivity index (χ1n) is 8.16. The molecule has 1 N–H and O–H groups in total. The monoisotopic (exact) mass is 505 g/mol. The third kappa shape index (κ3) is 6.99. The van der Waals surface area contributed by atoms with Gasteiger partial charge in [0.15, 0.2) is 6.61 Å². The standard InChI is InChI=1S/C17H14Cl2F5N3O3S/c1-27(2)31-26-14(28)9-4-10(18)13(5-12(9)20)30-8-3-11(19)15(25-6-8)29-7-17(23,24)16(21)22/h3-6,16H,7H2,1-2H3,(H,26,28). The van der Waals surface area contributed by atoms with Crippen molar-refractivity contribution >= 4 is 41.2 Å². The van der Waals surface area contributed by atoms with E-state index in [0.29, 0.717) is 0 Å². The van der Waals surface area contributed by atoms with E-state index < -0.39 is 36.6 Å². The molecule has 31 heavy (non-hydrogen) atoms. The second-order valence-corrected chi connectivity index (χ2v) is 7.94. The van der Waals surface area contributed by atoms with Gasteiger partial charge in [0.25, 0.3) is 5.91 Å². The molecule has 0 radical (unpaired) electrons. The highest BCUT2D eigenvalue weighted by Crippen LogP contribution is 2.35.